The summed E-state index contributed by atoms with van der Waals surface area (Å²) >= 11 is 1.21. The molecular formula is C12H12N4O3S. The standard InChI is InChI=1S/C12H12N4O3S/c1-5-4-7(12(18)19)11(20-5)14-10(17)9-13-8(15-16-9)6-2-3-6/h4,6H,2-3H2,1H3,(H,14,17)(H,18,19)(H,13,15,16). The van der Waals surface area contributed by atoms with Gasteiger partial charge in [-0.1, -0.05) is 0 Å². The molecule has 2 aromatic heterocycles. The van der Waals surface area contributed by atoms with Gasteiger partial charge in [-0.05, 0) is 25.8 Å². The highest BCUT2D eigenvalue weighted by atomic mass is 32.1. The first-order chi connectivity index (χ1) is 9.54. The number of aryl methyl sites for hydroxylation is 1. The minimum atomic E-state index is -1.07. The van der Waals surface area contributed by atoms with Gasteiger partial charge in [0.1, 0.15) is 10.8 Å². The largest absolute Gasteiger partial charge is 0.478 e. The van der Waals surface area contributed by atoms with Crippen molar-refractivity contribution in [3.8, 4) is 0 Å². The first-order valence-corrected chi connectivity index (χ1v) is 6.93. The molecule has 1 amide bonds. The normalized spacial score (nSPS) is 14.2. The van der Waals surface area contributed by atoms with Crippen LogP contribution in [-0.4, -0.2) is 32.2 Å². The number of H-pyrrole nitrogens is 1. The maximum atomic E-state index is 12.0. The topological polar surface area (TPSA) is 108 Å². The van der Waals surface area contributed by atoms with E-state index in [-0.39, 0.29) is 11.4 Å². The quantitative estimate of drug-likeness (QED) is 0.798. The maximum absolute atomic E-state index is 12.0. The van der Waals surface area contributed by atoms with Gasteiger partial charge in [0.2, 0.25) is 5.82 Å². The Bertz CT molecular complexity index is 687. The predicted molar refractivity (Wildman–Crippen MR) is 72.3 cm³/mol. The lowest BCUT2D eigenvalue weighted by Crippen LogP contribution is -2.14. The van der Waals surface area contributed by atoms with E-state index in [1.807, 2.05) is 0 Å². The molecule has 0 atom stereocenters. The van der Waals surface area contributed by atoms with Crippen LogP contribution in [0, 0.1) is 6.92 Å². The number of carbonyl (C=O) groups is 2. The number of carbonyl (C=O) groups excluding carboxylic acids is 1. The number of amides is 1. The van der Waals surface area contributed by atoms with Gasteiger partial charge in [0.25, 0.3) is 5.91 Å². The van der Waals surface area contributed by atoms with Crippen molar-refractivity contribution < 1.29 is 14.7 Å². The Hall–Kier alpha value is -2.22. The fourth-order valence-electron chi connectivity index (χ4n) is 1.84. The van der Waals surface area contributed by atoms with Gasteiger partial charge in [-0.2, -0.15) is 0 Å². The van der Waals surface area contributed by atoms with Crippen LogP contribution in [0.2, 0.25) is 0 Å². The highest BCUT2D eigenvalue weighted by Gasteiger charge is 2.28. The summed E-state index contributed by atoms with van der Waals surface area (Å²) < 4.78 is 0. The minimum Gasteiger partial charge on any atom is -0.478 e. The highest BCUT2D eigenvalue weighted by Crippen LogP contribution is 2.37. The van der Waals surface area contributed by atoms with Crippen LogP contribution in [0.25, 0.3) is 0 Å². The second kappa shape index (κ2) is 4.71. The molecule has 3 N–H and O–H groups in total. The summed E-state index contributed by atoms with van der Waals surface area (Å²) in [5.74, 6) is -0.441. The first kappa shape index (κ1) is 12.8. The fraction of sp³-hybridized carbons (Fsp3) is 0.333. The van der Waals surface area contributed by atoms with Crippen molar-refractivity contribution in [1.82, 2.24) is 15.2 Å². The molecule has 0 aliphatic heterocycles. The summed E-state index contributed by atoms with van der Waals surface area (Å²) in [6.45, 7) is 1.78. The number of anilines is 1. The number of carboxylic acid groups (broad SMARTS) is 1. The van der Waals surface area contributed by atoms with Crippen LogP contribution in [0.4, 0.5) is 5.00 Å². The van der Waals surface area contributed by atoms with Gasteiger partial charge < -0.3 is 10.4 Å². The average molecular weight is 292 g/mol. The van der Waals surface area contributed by atoms with Gasteiger partial charge in [0.15, 0.2) is 0 Å². The zero-order valence-electron chi connectivity index (χ0n) is 10.6. The zero-order valence-corrected chi connectivity index (χ0v) is 11.5. The van der Waals surface area contributed by atoms with Gasteiger partial charge in [0.05, 0.1) is 5.56 Å². The van der Waals surface area contributed by atoms with E-state index in [1.165, 1.54) is 17.4 Å². The van der Waals surface area contributed by atoms with Crippen molar-refractivity contribution in [2.45, 2.75) is 25.7 Å². The number of aromatic nitrogens is 3. The molecule has 20 heavy (non-hydrogen) atoms. The van der Waals surface area contributed by atoms with E-state index < -0.39 is 11.9 Å². The summed E-state index contributed by atoms with van der Waals surface area (Å²) in [4.78, 5) is 28.0. The number of nitrogens with zero attached hydrogens (tertiary/aromatic N) is 2. The van der Waals surface area contributed by atoms with E-state index in [0.29, 0.717) is 10.9 Å². The number of hydrogen-bond acceptors (Lipinski definition) is 5. The van der Waals surface area contributed by atoms with Crippen molar-refractivity contribution in [2.75, 3.05) is 5.32 Å². The molecule has 8 heteroatoms. The zero-order chi connectivity index (χ0) is 14.3. The van der Waals surface area contributed by atoms with Crippen molar-refractivity contribution in [3.63, 3.8) is 0 Å². The van der Waals surface area contributed by atoms with Crippen LogP contribution in [0.5, 0.6) is 0 Å². The Morgan fingerprint density at radius 1 is 1.50 bits per heavy atom. The van der Waals surface area contributed by atoms with Crippen LogP contribution in [0.1, 0.15) is 50.4 Å². The van der Waals surface area contributed by atoms with E-state index in [9.17, 15) is 9.59 Å². The van der Waals surface area contributed by atoms with Crippen molar-refractivity contribution in [1.29, 1.82) is 0 Å². The molecule has 3 rings (SSSR count). The molecule has 0 radical (unpaired) electrons. The van der Waals surface area contributed by atoms with Gasteiger partial charge >= 0.3 is 5.97 Å². The number of carboxylic acids is 1. The molecule has 1 saturated carbocycles. The fourth-order valence-corrected chi connectivity index (χ4v) is 2.74. The van der Waals surface area contributed by atoms with Crippen LogP contribution < -0.4 is 5.32 Å². The Morgan fingerprint density at radius 3 is 2.90 bits per heavy atom. The number of aromatic carboxylic acids is 1. The molecule has 1 aliphatic rings. The molecule has 7 nitrogen and oxygen atoms in total. The second-order valence-electron chi connectivity index (χ2n) is 4.68. The lowest BCUT2D eigenvalue weighted by Gasteiger charge is -2.00. The van der Waals surface area contributed by atoms with Gasteiger partial charge in [-0.15, -0.1) is 16.4 Å². The molecule has 0 bridgehead atoms. The van der Waals surface area contributed by atoms with E-state index in [4.69, 9.17) is 5.11 Å². The van der Waals surface area contributed by atoms with Crippen molar-refractivity contribution in [2.24, 2.45) is 0 Å². The first-order valence-electron chi connectivity index (χ1n) is 6.12. The van der Waals surface area contributed by atoms with E-state index in [2.05, 4.69) is 20.5 Å². The second-order valence-corrected chi connectivity index (χ2v) is 5.93. The Morgan fingerprint density at radius 2 is 2.25 bits per heavy atom. The number of nitrogens with one attached hydrogen (secondary N) is 2. The van der Waals surface area contributed by atoms with Crippen molar-refractivity contribution >= 4 is 28.2 Å². The third-order valence-corrected chi connectivity index (χ3v) is 3.95. The minimum absolute atomic E-state index is 0.0364. The summed E-state index contributed by atoms with van der Waals surface area (Å²) in [6, 6.07) is 1.52. The van der Waals surface area contributed by atoms with E-state index in [1.54, 1.807) is 6.92 Å². The van der Waals surface area contributed by atoms with Gasteiger partial charge in [-0.25, -0.2) is 9.78 Å². The number of rotatable bonds is 4. The van der Waals surface area contributed by atoms with Crippen LogP contribution in [0.3, 0.4) is 0 Å². The molecule has 0 spiro atoms. The summed E-state index contributed by atoms with van der Waals surface area (Å²) in [5, 5.41) is 18.5. The Kier molecular flexibility index (Phi) is 3.01. The van der Waals surface area contributed by atoms with Gasteiger partial charge in [0, 0.05) is 10.8 Å². The number of thiophene rings is 1. The highest BCUT2D eigenvalue weighted by molar-refractivity contribution is 7.16. The molecule has 0 aromatic carbocycles. The van der Waals surface area contributed by atoms with E-state index in [0.717, 1.165) is 23.5 Å². The number of aromatic amines is 1. The van der Waals surface area contributed by atoms with Gasteiger partial charge in [-0.3, -0.25) is 9.89 Å². The van der Waals surface area contributed by atoms with E-state index >= 15 is 0 Å². The summed E-state index contributed by atoms with van der Waals surface area (Å²) in [7, 11) is 0. The maximum Gasteiger partial charge on any atom is 0.338 e. The van der Waals surface area contributed by atoms with Crippen LogP contribution in [0.15, 0.2) is 6.07 Å². The molecule has 1 fully saturated rings. The molecular weight excluding hydrogens is 280 g/mol. The smallest absolute Gasteiger partial charge is 0.338 e. The summed E-state index contributed by atoms with van der Waals surface area (Å²) in [6.07, 6.45) is 2.12. The summed E-state index contributed by atoms with van der Waals surface area (Å²) in [5.41, 5.74) is 0.0822. The molecule has 104 valence electrons. The SMILES string of the molecule is Cc1cc(C(=O)O)c(NC(=O)c2n[nH]c(C3CC3)n2)s1. The molecule has 2 aromatic rings. The average Bonchev–Trinajstić information content (AvgIpc) is 2.99. The molecule has 0 saturated heterocycles. The molecule has 2 heterocycles. The van der Waals surface area contributed by atoms with Crippen LogP contribution in [-0.2, 0) is 0 Å². The lowest BCUT2D eigenvalue weighted by atomic mass is 10.3. The van der Waals surface area contributed by atoms with Crippen molar-refractivity contribution in [3.05, 3.63) is 28.2 Å². The predicted octanol–water partition coefficient (Wildman–Crippen LogP) is 2.00. The molecule has 0 unspecified atom stereocenters. The third kappa shape index (κ3) is 2.42. The Labute approximate surface area is 118 Å². The molecule has 1 aliphatic carbocycles. The van der Waals surface area contributed by atoms with Crippen LogP contribution >= 0.6 is 11.3 Å². The number of hydrogen-bond donors (Lipinski definition) is 3. The Balaban J connectivity index is 1.79. The lowest BCUT2D eigenvalue weighted by molar-refractivity contribution is 0.0698. The monoisotopic (exact) mass is 292 g/mol. The third-order valence-electron chi connectivity index (χ3n) is 2.98.